The van der Waals surface area contributed by atoms with Crippen molar-refractivity contribution in [3.8, 4) is 0 Å². The minimum Gasteiger partial charge on any atom is -0.0654 e. The third-order valence-electron chi connectivity index (χ3n) is 1.39. The van der Waals surface area contributed by atoms with E-state index in [9.17, 15) is 0 Å². The first-order valence-electron chi connectivity index (χ1n) is 3.77. The van der Waals surface area contributed by atoms with Gasteiger partial charge in [0.25, 0.3) is 0 Å². The topological polar surface area (TPSA) is 0 Å². The minimum atomic E-state index is 0. The molecule has 0 N–H and O–H groups in total. The average molecular weight is 205 g/mol. The summed E-state index contributed by atoms with van der Waals surface area (Å²) in [7, 11) is 0. The van der Waals surface area contributed by atoms with Crippen LogP contribution in [0.5, 0.6) is 0 Å². The fourth-order valence-electron chi connectivity index (χ4n) is 0.803. The van der Waals surface area contributed by atoms with Crippen molar-refractivity contribution in [3.63, 3.8) is 0 Å². The molecule has 0 aliphatic rings. The Morgan fingerprint density at radius 3 is 2.00 bits per heavy atom. The van der Waals surface area contributed by atoms with Crippen LogP contribution in [0.15, 0.2) is 0 Å². The fourth-order valence-corrected chi connectivity index (χ4v) is 0.803. The van der Waals surface area contributed by atoms with E-state index >= 15 is 0 Å². The van der Waals surface area contributed by atoms with Crippen LogP contribution in [0.25, 0.3) is 0 Å². The van der Waals surface area contributed by atoms with E-state index in [0.29, 0.717) is 0 Å². The number of hydrogen-bond donors (Lipinski definition) is 0. The van der Waals surface area contributed by atoms with Crippen LogP contribution in [0.3, 0.4) is 0 Å². The van der Waals surface area contributed by atoms with Crippen molar-refractivity contribution in [1.29, 1.82) is 0 Å². The molecule has 0 saturated carbocycles. The van der Waals surface area contributed by atoms with E-state index < -0.39 is 0 Å². The predicted molar refractivity (Wildman–Crippen MR) is 39.0 cm³/mol. The van der Waals surface area contributed by atoms with Crippen LogP contribution in [0.2, 0.25) is 0 Å². The summed E-state index contributed by atoms with van der Waals surface area (Å²) in [5, 5.41) is 0. The summed E-state index contributed by atoms with van der Waals surface area (Å²) in [4.78, 5) is 0. The Hall–Kier alpha value is 0.883. The Morgan fingerprint density at radius 2 is 1.67 bits per heavy atom. The van der Waals surface area contributed by atoms with Crippen molar-refractivity contribution in [2.45, 2.75) is 46.5 Å². The molecule has 1 heteroatoms. The van der Waals surface area contributed by atoms with Gasteiger partial charge in [-0.05, 0) is 5.92 Å². The summed E-state index contributed by atoms with van der Waals surface area (Å²) < 4.78 is 0. The Balaban J connectivity index is 0. The zero-order chi connectivity index (χ0) is 6.41. The van der Waals surface area contributed by atoms with Gasteiger partial charge in [-0.15, -0.1) is 0 Å². The molecule has 0 radical (unpaired) electrons. The van der Waals surface area contributed by atoms with E-state index in [1.54, 1.807) is 0 Å². The molecule has 9 heavy (non-hydrogen) atoms. The van der Waals surface area contributed by atoms with Gasteiger partial charge >= 0.3 is 0 Å². The standard InChI is InChI=1S/C8H18.Zr/c1-4-5-6-7-8(2)3;/h8H,4-7H2,1-3H3;. The molecular formula is C8H18Zr. The van der Waals surface area contributed by atoms with Gasteiger partial charge < -0.3 is 0 Å². The van der Waals surface area contributed by atoms with Crippen molar-refractivity contribution in [2.24, 2.45) is 5.92 Å². The number of rotatable bonds is 4. The number of hydrogen-bond acceptors (Lipinski definition) is 0. The van der Waals surface area contributed by atoms with Crippen molar-refractivity contribution in [3.05, 3.63) is 0 Å². The second kappa shape index (κ2) is 8.88. The van der Waals surface area contributed by atoms with Gasteiger partial charge in [-0.3, -0.25) is 0 Å². The molecular weight excluding hydrogens is 187 g/mol. The first-order valence-corrected chi connectivity index (χ1v) is 3.77. The predicted octanol–water partition coefficient (Wildman–Crippen LogP) is 3.22. The van der Waals surface area contributed by atoms with Gasteiger partial charge in [-0.2, -0.15) is 0 Å². The third kappa shape index (κ3) is 12.2. The summed E-state index contributed by atoms with van der Waals surface area (Å²) >= 11 is 0. The summed E-state index contributed by atoms with van der Waals surface area (Å²) in [5.74, 6) is 0.904. The van der Waals surface area contributed by atoms with E-state index in [1.165, 1.54) is 25.7 Å². The molecule has 0 bridgehead atoms. The van der Waals surface area contributed by atoms with Gasteiger partial charge in [0, 0.05) is 26.2 Å². The van der Waals surface area contributed by atoms with E-state index in [4.69, 9.17) is 0 Å². The van der Waals surface area contributed by atoms with Crippen molar-refractivity contribution in [2.75, 3.05) is 0 Å². The zero-order valence-corrected chi connectivity index (χ0v) is 9.36. The maximum Gasteiger partial charge on any atom is 0 e. The smallest absolute Gasteiger partial charge is 0 e. The first kappa shape index (κ1) is 12.5. The van der Waals surface area contributed by atoms with E-state index in [2.05, 4.69) is 20.8 Å². The van der Waals surface area contributed by atoms with E-state index in [1.807, 2.05) is 0 Å². The normalized spacial score (nSPS) is 9.33. The Labute approximate surface area is 78.5 Å². The van der Waals surface area contributed by atoms with E-state index in [-0.39, 0.29) is 26.2 Å². The van der Waals surface area contributed by atoms with Crippen LogP contribution in [-0.4, -0.2) is 0 Å². The van der Waals surface area contributed by atoms with Crippen LogP contribution in [0.1, 0.15) is 46.5 Å². The van der Waals surface area contributed by atoms with Crippen LogP contribution in [0, 0.1) is 5.92 Å². The zero-order valence-electron chi connectivity index (χ0n) is 6.91. The van der Waals surface area contributed by atoms with Gasteiger partial charge in [0.1, 0.15) is 0 Å². The van der Waals surface area contributed by atoms with Gasteiger partial charge in [-0.25, -0.2) is 0 Å². The SMILES string of the molecule is CCCCCC(C)C.[Zr]. The molecule has 54 valence electrons. The Bertz CT molecular complexity index is 41.8. The molecule has 0 saturated heterocycles. The second-order valence-corrected chi connectivity index (χ2v) is 2.89. The summed E-state index contributed by atoms with van der Waals surface area (Å²) in [6, 6.07) is 0. The van der Waals surface area contributed by atoms with Crippen molar-refractivity contribution >= 4 is 0 Å². The van der Waals surface area contributed by atoms with Crippen LogP contribution < -0.4 is 0 Å². The average Bonchev–Trinajstić information content (AvgIpc) is 1.66. The Morgan fingerprint density at radius 1 is 1.11 bits per heavy atom. The molecule has 0 atom stereocenters. The molecule has 0 unspecified atom stereocenters. The molecule has 0 aromatic carbocycles. The molecule has 0 spiro atoms. The van der Waals surface area contributed by atoms with Crippen molar-refractivity contribution in [1.82, 2.24) is 0 Å². The first-order chi connectivity index (χ1) is 3.77. The molecule has 0 aromatic rings. The van der Waals surface area contributed by atoms with Crippen LogP contribution in [0.4, 0.5) is 0 Å². The molecule has 0 amide bonds. The van der Waals surface area contributed by atoms with Crippen LogP contribution >= 0.6 is 0 Å². The van der Waals surface area contributed by atoms with Crippen LogP contribution in [-0.2, 0) is 26.2 Å². The largest absolute Gasteiger partial charge is 0.0654 e. The maximum absolute atomic E-state index is 2.29. The summed E-state index contributed by atoms with van der Waals surface area (Å²) in [5.41, 5.74) is 0. The quantitative estimate of drug-likeness (QED) is 0.618. The summed E-state index contributed by atoms with van der Waals surface area (Å²) in [6.45, 7) is 6.83. The molecule has 0 aliphatic heterocycles. The second-order valence-electron chi connectivity index (χ2n) is 2.89. The third-order valence-corrected chi connectivity index (χ3v) is 1.39. The molecule has 0 fully saturated rings. The molecule has 0 heterocycles. The molecule has 0 rings (SSSR count). The molecule has 0 aliphatic carbocycles. The molecule has 0 nitrogen and oxygen atoms in total. The Kier molecular flexibility index (Phi) is 12.4. The minimum absolute atomic E-state index is 0. The maximum atomic E-state index is 2.29. The molecule has 0 aromatic heterocycles. The van der Waals surface area contributed by atoms with Gasteiger partial charge in [-0.1, -0.05) is 46.5 Å². The summed E-state index contributed by atoms with van der Waals surface area (Å²) in [6.07, 6.45) is 5.60. The van der Waals surface area contributed by atoms with E-state index in [0.717, 1.165) is 5.92 Å². The monoisotopic (exact) mass is 204 g/mol. The fraction of sp³-hybridized carbons (Fsp3) is 1.00. The van der Waals surface area contributed by atoms with Crippen molar-refractivity contribution < 1.29 is 26.2 Å². The number of unbranched alkanes of at least 4 members (excludes halogenated alkanes) is 2. The van der Waals surface area contributed by atoms with Gasteiger partial charge in [0.05, 0.1) is 0 Å². The van der Waals surface area contributed by atoms with Gasteiger partial charge in [0.2, 0.25) is 0 Å². The van der Waals surface area contributed by atoms with Gasteiger partial charge in [0.15, 0.2) is 0 Å².